The molecule has 0 radical (unpaired) electrons. The van der Waals surface area contributed by atoms with Crippen LogP contribution in [0.25, 0.3) is 0 Å². The molecule has 2 nitrogen and oxygen atoms in total. The molecule has 1 heterocycles. The van der Waals surface area contributed by atoms with Crippen LogP contribution in [0.2, 0.25) is 0 Å². The lowest BCUT2D eigenvalue weighted by Crippen LogP contribution is -2.45. The van der Waals surface area contributed by atoms with Crippen molar-refractivity contribution in [1.29, 1.82) is 0 Å². The highest BCUT2D eigenvalue weighted by molar-refractivity contribution is 5.85. The third kappa shape index (κ3) is 3.87. The molecule has 0 aliphatic carbocycles. The van der Waals surface area contributed by atoms with Crippen LogP contribution in [0.1, 0.15) is 31.4 Å². The van der Waals surface area contributed by atoms with Crippen molar-refractivity contribution < 1.29 is 13.2 Å². The summed E-state index contributed by atoms with van der Waals surface area (Å²) < 4.78 is 40.6. The number of benzene rings is 1. The summed E-state index contributed by atoms with van der Waals surface area (Å²) in [4.78, 5) is 2.09. The molecule has 6 heteroatoms. The second-order valence-corrected chi connectivity index (χ2v) is 4.88. The molecule has 1 N–H and O–H groups in total. The zero-order chi connectivity index (χ0) is 13.8. The SMILES string of the molecule is CCC[C@@H](c1cc(F)cc(F)c1F)N1CCNCC1.Cl. The zero-order valence-corrected chi connectivity index (χ0v) is 12.3. The van der Waals surface area contributed by atoms with Crippen LogP contribution >= 0.6 is 12.4 Å². The van der Waals surface area contributed by atoms with E-state index < -0.39 is 17.5 Å². The van der Waals surface area contributed by atoms with Gasteiger partial charge in [-0.2, -0.15) is 0 Å². The van der Waals surface area contributed by atoms with E-state index in [2.05, 4.69) is 10.2 Å². The molecular formula is C14H20ClF3N2. The third-order valence-electron chi connectivity index (χ3n) is 3.53. The second kappa shape index (κ2) is 7.86. The Morgan fingerprint density at radius 3 is 2.45 bits per heavy atom. The van der Waals surface area contributed by atoms with Crippen LogP contribution in [0.5, 0.6) is 0 Å². The predicted molar refractivity (Wildman–Crippen MR) is 75.7 cm³/mol. The van der Waals surface area contributed by atoms with Gasteiger partial charge in [0.25, 0.3) is 0 Å². The minimum absolute atomic E-state index is 0. The van der Waals surface area contributed by atoms with E-state index in [-0.39, 0.29) is 24.0 Å². The van der Waals surface area contributed by atoms with Crippen LogP contribution < -0.4 is 5.32 Å². The van der Waals surface area contributed by atoms with Crippen LogP contribution in [0.4, 0.5) is 13.2 Å². The Kier molecular flexibility index (Phi) is 6.79. The van der Waals surface area contributed by atoms with Crippen molar-refractivity contribution >= 4 is 12.4 Å². The molecule has 1 aromatic carbocycles. The Balaban J connectivity index is 0.00000200. The summed E-state index contributed by atoms with van der Waals surface area (Å²) >= 11 is 0. The average Bonchev–Trinajstić information content (AvgIpc) is 2.41. The fraction of sp³-hybridized carbons (Fsp3) is 0.571. The molecule has 1 aromatic rings. The first-order valence-corrected chi connectivity index (χ1v) is 6.72. The number of nitrogens with zero attached hydrogens (tertiary/aromatic N) is 1. The molecule has 1 saturated heterocycles. The van der Waals surface area contributed by atoms with Crippen molar-refractivity contribution in [3.8, 4) is 0 Å². The van der Waals surface area contributed by atoms with Gasteiger partial charge in [0.15, 0.2) is 11.6 Å². The Morgan fingerprint density at radius 1 is 1.20 bits per heavy atom. The van der Waals surface area contributed by atoms with Crippen LogP contribution in [0, 0.1) is 17.5 Å². The second-order valence-electron chi connectivity index (χ2n) is 4.88. The molecule has 0 spiro atoms. The van der Waals surface area contributed by atoms with E-state index in [4.69, 9.17) is 0 Å². The smallest absolute Gasteiger partial charge is 0.163 e. The molecular weight excluding hydrogens is 289 g/mol. The summed E-state index contributed by atoms with van der Waals surface area (Å²) in [7, 11) is 0. The molecule has 0 saturated carbocycles. The molecule has 2 rings (SSSR count). The minimum atomic E-state index is -1.11. The van der Waals surface area contributed by atoms with Gasteiger partial charge < -0.3 is 5.32 Å². The Labute approximate surface area is 123 Å². The Bertz CT molecular complexity index is 437. The van der Waals surface area contributed by atoms with Gasteiger partial charge in [-0.1, -0.05) is 13.3 Å². The van der Waals surface area contributed by atoms with Crippen LogP contribution in [0.15, 0.2) is 12.1 Å². The molecule has 0 unspecified atom stereocenters. The van der Waals surface area contributed by atoms with Gasteiger partial charge in [-0.25, -0.2) is 13.2 Å². The van der Waals surface area contributed by atoms with Gasteiger partial charge in [0.2, 0.25) is 0 Å². The molecule has 0 amide bonds. The fourth-order valence-corrected chi connectivity index (χ4v) is 2.62. The summed E-state index contributed by atoms with van der Waals surface area (Å²) in [5.41, 5.74) is 0.140. The zero-order valence-electron chi connectivity index (χ0n) is 11.5. The van der Waals surface area contributed by atoms with Crippen molar-refractivity contribution in [2.24, 2.45) is 0 Å². The highest BCUT2D eigenvalue weighted by Gasteiger charge is 2.26. The largest absolute Gasteiger partial charge is 0.314 e. The summed E-state index contributed by atoms with van der Waals surface area (Å²) in [6, 6.07) is 1.47. The van der Waals surface area contributed by atoms with E-state index >= 15 is 0 Å². The third-order valence-corrected chi connectivity index (χ3v) is 3.53. The van der Waals surface area contributed by atoms with Gasteiger partial charge >= 0.3 is 0 Å². The lowest BCUT2D eigenvalue weighted by molar-refractivity contribution is 0.160. The molecule has 1 aliphatic heterocycles. The van der Waals surface area contributed by atoms with Crippen molar-refractivity contribution in [3.63, 3.8) is 0 Å². The summed E-state index contributed by atoms with van der Waals surface area (Å²) in [6.07, 6.45) is 1.53. The molecule has 1 atom stereocenters. The normalized spacial score (nSPS) is 17.6. The molecule has 1 aliphatic rings. The number of halogens is 4. The molecule has 1 fully saturated rings. The lowest BCUT2D eigenvalue weighted by atomic mass is 9.99. The van der Waals surface area contributed by atoms with Gasteiger partial charge in [0, 0.05) is 43.9 Å². The maximum absolute atomic E-state index is 13.9. The number of nitrogens with one attached hydrogen (secondary N) is 1. The fourth-order valence-electron chi connectivity index (χ4n) is 2.62. The van der Waals surface area contributed by atoms with E-state index in [1.165, 1.54) is 0 Å². The van der Waals surface area contributed by atoms with E-state index in [1.807, 2.05) is 6.92 Å². The lowest BCUT2D eigenvalue weighted by Gasteiger charge is -2.35. The number of hydrogen-bond donors (Lipinski definition) is 1. The van der Waals surface area contributed by atoms with Crippen molar-refractivity contribution in [2.75, 3.05) is 26.2 Å². The van der Waals surface area contributed by atoms with Crippen LogP contribution in [-0.4, -0.2) is 31.1 Å². The molecule has 0 aromatic heterocycles. The quantitative estimate of drug-likeness (QED) is 0.859. The average molecular weight is 309 g/mol. The maximum Gasteiger partial charge on any atom is 0.163 e. The standard InChI is InChI=1S/C14H19F3N2.ClH/c1-2-3-13(19-6-4-18-5-7-19)11-8-10(15)9-12(16)14(11)17;/h8-9,13,18H,2-7H2,1H3;1H/t13-;/m0./s1. The molecule has 114 valence electrons. The van der Waals surface area contributed by atoms with E-state index in [1.54, 1.807) is 0 Å². The first-order valence-electron chi connectivity index (χ1n) is 6.72. The monoisotopic (exact) mass is 308 g/mol. The predicted octanol–water partition coefficient (Wildman–Crippen LogP) is 3.27. The highest BCUT2D eigenvalue weighted by atomic mass is 35.5. The topological polar surface area (TPSA) is 15.3 Å². The summed E-state index contributed by atoms with van der Waals surface area (Å²) in [6.45, 7) is 5.16. The molecule has 20 heavy (non-hydrogen) atoms. The van der Waals surface area contributed by atoms with Crippen molar-refractivity contribution in [2.45, 2.75) is 25.8 Å². The molecule has 0 bridgehead atoms. The van der Waals surface area contributed by atoms with E-state index in [9.17, 15) is 13.2 Å². The van der Waals surface area contributed by atoms with Crippen LogP contribution in [-0.2, 0) is 0 Å². The number of piperazine rings is 1. The van der Waals surface area contributed by atoms with E-state index in [0.717, 1.165) is 38.7 Å². The maximum atomic E-state index is 13.9. The van der Waals surface area contributed by atoms with Gasteiger partial charge in [0.1, 0.15) is 5.82 Å². The van der Waals surface area contributed by atoms with Crippen molar-refractivity contribution in [3.05, 3.63) is 35.1 Å². The van der Waals surface area contributed by atoms with Gasteiger partial charge in [-0.05, 0) is 12.5 Å². The summed E-state index contributed by atoms with van der Waals surface area (Å²) in [5.74, 6) is -2.74. The van der Waals surface area contributed by atoms with Crippen molar-refractivity contribution in [1.82, 2.24) is 10.2 Å². The summed E-state index contributed by atoms with van der Waals surface area (Å²) in [5, 5.41) is 3.22. The number of hydrogen-bond acceptors (Lipinski definition) is 2. The van der Waals surface area contributed by atoms with Gasteiger partial charge in [-0.3, -0.25) is 4.90 Å². The van der Waals surface area contributed by atoms with Gasteiger partial charge in [-0.15, -0.1) is 12.4 Å². The Morgan fingerprint density at radius 2 is 1.85 bits per heavy atom. The number of rotatable bonds is 4. The first kappa shape index (κ1) is 17.3. The highest BCUT2D eigenvalue weighted by Crippen LogP contribution is 2.29. The van der Waals surface area contributed by atoms with E-state index in [0.29, 0.717) is 12.5 Å². The Hall–Kier alpha value is -0.780. The minimum Gasteiger partial charge on any atom is -0.314 e. The van der Waals surface area contributed by atoms with Crippen LogP contribution in [0.3, 0.4) is 0 Å². The van der Waals surface area contributed by atoms with Gasteiger partial charge in [0.05, 0.1) is 0 Å². The first-order chi connectivity index (χ1) is 9.13.